The molecule has 5 heteroatoms. The van der Waals surface area contributed by atoms with E-state index in [2.05, 4.69) is 29.2 Å². The van der Waals surface area contributed by atoms with E-state index in [1.807, 2.05) is 41.1 Å². The molecule has 1 aliphatic heterocycles. The number of hydrogen-bond acceptors (Lipinski definition) is 4. The van der Waals surface area contributed by atoms with Crippen molar-refractivity contribution in [3.63, 3.8) is 0 Å². The molecule has 0 saturated carbocycles. The predicted molar refractivity (Wildman–Crippen MR) is 102 cm³/mol. The standard InChI is InChI=1S/C21H27N3O2/c1-23(15-19-9-5-6-12-22-19)17-21(25)24-13-14-26-20(16-24)11-10-18-7-3-2-4-8-18/h2-9,12,20H,10-11,13-17H2,1H3. The highest BCUT2D eigenvalue weighted by atomic mass is 16.5. The Labute approximate surface area is 155 Å². The van der Waals surface area contributed by atoms with Crippen molar-refractivity contribution < 1.29 is 9.53 Å². The molecule has 5 nitrogen and oxygen atoms in total. The van der Waals surface area contributed by atoms with Gasteiger partial charge in [-0.15, -0.1) is 0 Å². The van der Waals surface area contributed by atoms with Crippen LogP contribution in [0.3, 0.4) is 0 Å². The Bertz CT molecular complexity index is 678. The van der Waals surface area contributed by atoms with Crippen LogP contribution in [0.1, 0.15) is 17.7 Å². The second-order valence-electron chi connectivity index (χ2n) is 6.85. The lowest BCUT2D eigenvalue weighted by atomic mass is 10.1. The van der Waals surface area contributed by atoms with Crippen molar-refractivity contribution >= 4 is 5.91 Å². The second-order valence-corrected chi connectivity index (χ2v) is 6.85. The summed E-state index contributed by atoms with van der Waals surface area (Å²) >= 11 is 0. The summed E-state index contributed by atoms with van der Waals surface area (Å²) < 4.78 is 5.86. The van der Waals surface area contributed by atoms with Crippen molar-refractivity contribution in [2.24, 2.45) is 0 Å². The number of likely N-dealkylation sites (N-methyl/N-ethyl adjacent to an activating group) is 1. The molecule has 1 aliphatic rings. The van der Waals surface area contributed by atoms with E-state index in [4.69, 9.17) is 4.74 Å². The summed E-state index contributed by atoms with van der Waals surface area (Å²) in [5.74, 6) is 0.163. The zero-order valence-corrected chi connectivity index (χ0v) is 15.4. The SMILES string of the molecule is CN(CC(=O)N1CCOC(CCc2ccccc2)C1)Cc1ccccn1. The van der Waals surface area contributed by atoms with Gasteiger partial charge in [0.15, 0.2) is 0 Å². The minimum absolute atomic E-state index is 0.119. The first-order chi connectivity index (χ1) is 12.7. The van der Waals surface area contributed by atoms with E-state index in [0.29, 0.717) is 32.8 Å². The van der Waals surface area contributed by atoms with Gasteiger partial charge >= 0.3 is 0 Å². The van der Waals surface area contributed by atoms with Crippen molar-refractivity contribution in [1.82, 2.24) is 14.8 Å². The van der Waals surface area contributed by atoms with Gasteiger partial charge in [-0.3, -0.25) is 14.7 Å². The number of carbonyl (C=O) groups is 1. The molecule has 2 aromatic rings. The molecule has 1 saturated heterocycles. The first-order valence-corrected chi connectivity index (χ1v) is 9.22. The molecule has 0 spiro atoms. The maximum Gasteiger partial charge on any atom is 0.236 e. The number of morpholine rings is 1. The number of ether oxygens (including phenoxy) is 1. The number of amides is 1. The Morgan fingerprint density at radius 1 is 1.23 bits per heavy atom. The third-order valence-electron chi connectivity index (χ3n) is 4.65. The molecule has 0 N–H and O–H groups in total. The first kappa shape index (κ1) is 18.5. The fourth-order valence-corrected chi connectivity index (χ4v) is 3.25. The van der Waals surface area contributed by atoms with Gasteiger partial charge in [-0.25, -0.2) is 0 Å². The zero-order chi connectivity index (χ0) is 18.2. The zero-order valence-electron chi connectivity index (χ0n) is 15.4. The number of benzene rings is 1. The molecule has 26 heavy (non-hydrogen) atoms. The van der Waals surface area contributed by atoms with Crippen LogP contribution in [0.5, 0.6) is 0 Å². The molecule has 1 amide bonds. The number of hydrogen-bond donors (Lipinski definition) is 0. The van der Waals surface area contributed by atoms with Crippen LogP contribution in [0.4, 0.5) is 0 Å². The van der Waals surface area contributed by atoms with Gasteiger partial charge in [0.25, 0.3) is 0 Å². The number of carbonyl (C=O) groups excluding carboxylic acids is 1. The highest BCUT2D eigenvalue weighted by molar-refractivity contribution is 5.78. The van der Waals surface area contributed by atoms with Gasteiger partial charge < -0.3 is 9.64 Å². The fraction of sp³-hybridized carbons (Fsp3) is 0.429. The van der Waals surface area contributed by atoms with Gasteiger partial charge in [0.05, 0.1) is 24.9 Å². The van der Waals surface area contributed by atoms with E-state index in [0.717, 1.165) is 18.5 Å². The van der Waals surface area contributed by atoms with Crippen molar-refractivity contribution in [2.75, 3.05) is 33.3 Å². The normalized spacial score (nSPS) is 17.5. The number of aryl methyl sites for hydroxylation is 1. The van der Waals surface area contributed by atoms with Crippen molar-refractivity contribution in [2.45, 2.75) is 25.5 Å². The Kier molecular flexibility index (Phi) is 6.75. The molecule has 1 aromatic heterocycles. The summed E-state index contributed by atoms with van der Waals surface area (Å²) in [6.45, 7) is 3.06. The van der Waals surface area contributed by atoms with Crippen LogP contribution in [0.15, 0.2) is 54.7 Å². The maximum atomic E-state index is 12.6. The first-order valence-electron chi connectivity index (χ1n) is 9.22. The van der Waals surface area contributed by atoms with Gasteiger partial charge in [0.1, 0.15) is 0 Å². The summed E-state index contributed by atoms with van der Waals surface area (Å²) in [6, 6.07) is 16.3. The van der Waals surface area contributed by atoms with E-state index in [9.17, 15) is 4.79 Å². The Balaban J connectivity index is 1.45. The van der Waals surface area contributed by atoms with Gasteiger partial charge in [0.2, 0.25) is 5.91 Å². The van der Waals surface area contributed by atoms with Crippen LogP contribution >= 0.6 is 0 Å². The highest BCUT2D eigenvalue weighted by Gasteiger charge is 2.24. The largest absolute Gasteiger partial charge is 0.375 e. The molecular formula is C21H27N3O2. The third kappa shape index (κ3) is 5.64. The summed E-state index contributed by atoms with van der Waals surface area (Å²) in [6.07, 6.45) is 3.82. The molecular weight excluding hydrogens is 326 g/mol. The lowest BCUT2D eigenvalue weighted by Gasteiger charge is -2.34. The van der Waals surface area contributed by atoms with Crippen LogP contribution in [0.2, 0.25) is 0 Å². The Hall–Kier alpha value is -2.24. The van der Waals surface area contributed by atoms with Crippen LogP contribution < -0.4 is 0 Å². The van der Waals surface area contributed by atoms with Crippen molar-refractivity contribution in [3.05, 3.63) is 66.0 Å². The van der Waals surface area contributed by atoms with Crippen molar-refractivity contribution in [3.8, 4) is 0 Å². The molecule has 1 aromatic carbocycles. The molecule has 0 bridgehead atoms. The van der Waals surface area contributed by atoms with Gasteiger partial charge in [-0.1, -0.05) is 36.4 Å². The Morgan fingerprint density at radius 3 is 2.81 bits per heavy atom. The topological polar surface area (TPSA) is 45.7 Å². The van der Waals surface area contributed by atoms with Crippen LogP contribution in [-0.4, -0.2) is 60.1 Å². The molecule has 1 atom stereocenters. The highest BCUT2D eigenvalue weighted by Crippen LogP contribution is 2.13. The molecule has 1 fully saturated rings. The second kappa shape index (κ2) is 9.46. The quantitative estimate of drug-likeness (QED) is 0.767. The van der Waals surface area contributed by atoms with E-state index >= 15 is 0 Å². The lowest BCUT2D eigenvalue weighted by molar-refractivity contribution is -0.140. The van der Waals surface area contributed by atoms with Crippen LogP contribution in [0.25, 0.3) is 0 Å². The monoisotopic (exact) mass is 353 g/mol. The van der Waals surface area contributed by atoms with Crippen LogP contribution in [-0.2, 0) is 22.5 Å². The average Bonchev–Trinajstić information content (AvgIpc) is 2.68. The van der Waals surface area contributed by atoms with Gasteiger partial charge in [-0.05, 0) is 37.6 Å². The van der Waals surface area contributed by atoms with Crippen molar-refractivity contribution in [1.29, 1.82) is 0 Å². The predicted octanol–water partition coefficient (Wildman–Crippen LogP) is 2.37. The number of pyridine rings is 1. The average molecular weight is 353 g/mol. The summed E-state index contributed by atoms with van der Waals surface area (Å²) in [5.41, 5.74) is 2.29. The molecule has 1 unspecified atom stereocenters. The maximum absolute atomic E-state index is 12.6. The number of rotatable bonds is 7. The summed E-state index contributed by atoms with van der Waals surface area (Å²) in [4.78, 5) is 20.9. The smallest absolute Gasteiger partial charge is 0.236 e. The summed E-state index contributed by atoms with van der Waals surface area (Å²) in [7, 11) is 1.96. The fourth-order valence-electron chi connectivity index (χ4n) is 3.25. The molecule has 0 radical (unpaired) electrons. The summed E-state index contributed by atoms with van der Waals surface area (Å²) in [5, 5.41) is 0. The Morgan fingerprint density at radius 2 is 2.04 bits per heavy atom. The van der Waals surface area contributed by atoms with E-state index in [1.54, 1.807) is 6.20 Å². The van der Waals surface area contributed by atoms with Gasteiger partial charge in [-0.2, -0.15) is 0 Å². The molecule has 2 heterocycles. The van der Waals surface area contributed by atoms with E-state index in [-0.39, 0.29) is 12.0 Å². The molecule has 3 rings (SSSR count). The minimum Gasteiger partial charge on any atom is -0.375 e. The number of aromatic nitrogens is 1. The molecule has 138 valence electrons. The van der Waals surface area contributed by atoms with Crippen LogP contribution in [0, 0.1) is 0 Å². The molecule has 0 aliphatic carbocycles. The number of nitrogens with zero attached hydrogens (tertiary/aromatic N) is 3. The third-order valence-corrected chi connectivity index (χ3v) is 4.65. The lowest BCUT2D eigenvalue weighted by Crippen LogP contribution is -2.48. The van der Waals surface area contributed by atoms with Gasteiger partial charge in [0, 0.05) is 25.8 Å². The minimum atomic E-state index is 0.119. The van der Waals surface area contributed by atoms with E-state index in [1.165, 1.54) is 5.56 Å². The van der Waals surface area contributed by atoms with E-state index < -0.39 is 0 Å².